The molecular formula is C15H13NO3. The summed E-state index contributed by atoms with van der Waals surface area (Å²) in [5.41, 5.74) is 0.811. The molecule has 4 heteroatoms. The van der Waals surface area contributed by atoms with Crippen LogP contribution in [0.25, 0.3) is 0 Å². The van der Waals surface area contributed by atoms with Crippen LogP contribution in [0.15, 0.2) is 24.3 Å². The molecule has 1 rings (SSSR count). The molecule has 4 nitrogen and oxygen atoms in total. The first kappa shape index (κ1) is 14.5. The monoisotopic (exact) mass is 255 g/mol. The number of rotatable bonds is 3. The second kappa shape index (κ2) is 7.68. The molecule has 0 aliphatic rings. The van der Waals surface area contributed by atoms with Gasteiger partial charge in [-0.3, -0.25) is 14.9 Å². The first-order chi connectivity index (χ1) is 9.09. The van der Waals surface area contributed by atoms with E-state index in [9.17, 15) is 14.9 Å². The molecule has 0 aliphatic carbocycles. The smallest absolute Gasteiger partial charge is 0.269 e. The fourth-order valence-corrected chi connectivity index (χ4v) is 1.28. The molecule has 0 aromatic heterocycles. The van der Waals surface area contributed by atoms with Crippen molar-refractivity contribution in [2.75, 3.05) is 0 Å². The van der Waals surface area contributed by atoms with Crippen molar-refractivity contribution in [3.8, 4) is 23.7 Å². The van der Waals surface area contributed by atoms with Crippen molar-refractivity contribution in [2.24, 2.45) is 0 Å². The van der Waals surface area contributed by atoms with Crippen molar-refractivity contribution in [2.45, 2.75) is 26.2 Å². The van der Waals surface area contributed by atoms with Crippen LogP contribution in [0.3, 0.4) is 0 Å². The lowest BCUT2D eigenvalue weighted by atomic mass is 10.2. The topological polar surface area (TPSA) is 60.2 Å². The van der Waals surface area contributed by atoms with Crippen LogP contribution in [0, 0.1) is 33.8 Å². The van der Waals surface area contributed by atoms with Gasteiger partial charge in [-0.15, -0.1) is 0 Å². The number of carbonyl (C=O) groups excluding carboxylic acids is 1. The SMILES string of the molecule is CC(=O)C#CCCCC#Cc1ccc([N+](=O)[O-])cc1. The van der Waals surface area contributed by atoms with Gasteiger partial charge in [0.1, 0.15) is 0 Å². The first-order valence-electron chi connectivity index (χ1n) is 5.82. The fourth-order valence-electron chi connectivity index (χ4n) is 1.28. The highest BCUT2D eigenvalue weighted by molar-refractivity contribution is 5.93. The highest BCUT2D eigenvalue weighted by atomic mass is 16.6. The molecule has 0 saturated carbocycles. The maximum atomic E-state index is 10.5. The first-order valence-corrected chi connectivity index (χ1v) is 5.82. The highest BCUT2D eigenvalue weighted by Crippen LogP contribution is 2.10. The Morgan fingerprint density at radius 3 is 2.42 bits per heavy atom. The van der Waals surface area contributed by atoms with Gasteiger partial charge in [0.25, 0.3) is 5.69 Å². The van der Waals surface area contributed by atoms with Crippen LogP contribution in [0.5, 0.6) is 0 Å². The Bertz CT molecular complexity index is 580. The zero-order valence-electron chi connectivity index (χ0n) is 10.6. The molecular weight excluding hydrogens is 242 g/mol. The summed E-state index contributed by atoms with van der Waals surface area (Å²) in [6.07, 6.45) is 2.14. The molecule has 1 aromatic carbocycles. The van der Waals surface area contributed by atoms with Crippen molar-refractivity contribution in [3.63, 3.8) is 0 Å². The zero-order valence-corrected chi connectivity index (χ0v) is 10.6. The number of nitro benzene ring substituents is 1. The lowest BCUT2D eigenvalue weighted by molar-refractivity contribution is -0.384. The summed E-state index contributed by atoms with van der Waals surface area (Å²) in [5.74, 6) is 11.0. The summed E-state index contributed by atoms with van der Waals surface area (Å²) in [4.78, 5) is 20.6. The number of nitrogens with zero attached hydrogens (tertiary/aromatic N) is 1. The molecule has 0 heterocycles. The molecule has 0 unspecified atom stereocenters. The van der Waals surface area contributed by atoms with Gasteiger partial charge in [0, 0.05) is 37.5 Å². The number of hydrogen-bond acceptors (Lipinski definition) is 3. The molecule has 0 atom stereocenters. The number of benzene rings is 1. The van der Waals surface area contributed by atoms with Crippen LogP contribution in [0.4, 0.5) is 5.69 Å². The van der Waals surface area contributed by atoms with Crippen molar-refractivity contribution in [3.05, 3.63) is 39.9 Å². The van der Waals surface area contributed by atoms with Crippen LogP contribution in [0.1, 0.15) is 31.7 Å². The second-order valence-corrected chi connectivity index (χ2v) is 3.82. The third-order valence-electron chi connectivity index (χ3n) is 2.18. The highest BCUT2D eigenvalue weighted by Gasteiger charge is 2.01. The lowest BCUT2D eigenvalue weighted by Gasteiger charge is -1.91. The van der Waals surface area contributed by atoms with E-state index in [2.05, 4.69) is 23.7 Å². The van der Waals surface area contributed by atoms with Gasteiger partial charge in [0.05, 0.1) is 4.92 Å². The lowest BCUT2D eigenvalue weighted by Crippen LogP contribution is -1.86. The molecule has 0 fully saturated rings. The van der Waals surface area contributed by atoms with Gasteiger partial charge in [-0.2, -0.15) is 0 Å². The quantitative estimate of drug-likeness (QED) is 0.274. The van der Waals surface area contributed by atoms with E-state index in [1.807, 2.05) is 0 Å². The normalized spacial score (nSPS) is 8.68. The third-order valence-corrected chi connectivity index (χ3v) is 2.18. The molecule has 19 heavy (non-hydrogen) atoms. The molecule has 0 amide bonds. The second-order valence-electron chi connectivity index (χ2n) is 3.82. The predicted molar refractivity (Wildman–Crippen MR) is 72.3 cm³/mol. The maximum Gasteiger partial charge on any atom is 0.269 e. The van der Waals surface area contributed by atoms with E-state index < -0.39 is 4.92 Å². The van der Waals surface area contributed by atoms with E-state index in [-0.39, 0.29) is 11.5 Å². The van der Waals surface area contributed by atoms with Crippen molar-refractivity contribution in [1.29, 1.82) is 0 Å². The molecule has 0 N–H and O–H groups in total. The molecule has 0 spiro atoms. The molecule has 0 aliphatic heterocycles. The van der Waals surface area contributed by atoms with Gasteiger partial charge in [-0.1, -0.05) is 17.8 Å². The molecule has 0 bridgehead atoms. The fraction of sp³-hybridized carbons (Fsp3) is 0.267. The number of ketones is 1. The summed E-state index contributed by atoms with van der Waals surface area (Å²) in [6.45, 7) is 1.43. The van der Waals surface area contributed by atoms with E-state index in [1.54, 1.807) is 12.1 Å². The Kier molecular flexibility index (Phi) is 5.85. The summed E-state index contributed by atoms with van der Waals surface area (Å²) >= 11 is 0. The van der Waals surface area contributed by atoms with Gasteiger partial charge < -0.3 is 0 Å². The number of carbonyl (C=O) groups is 1. The minimum atomic E-state index is -0.440. The number of Topliss-reactive ketones (excluding diaryl/α,β-unsaturated/α-hetero) is 1. The van der Waals surface area contributed by atoms with Crippen LogP contribution in [0.2, 0.25) is 0 Å². The average molecular weight is 255 g/mol. The van der Waals surface area contributed by atoms with Gasteiger partial charge in [-0.25, -0.2) is 0 Å². The summed E-state index contributed by atoms with van der Waals surface area (Å²) < 4.78 is 0. The van der Waals surface area contributed by atoms with Gasteiger partial charge in [-0.05, 0) is 24.5 Å². The van der Waals surface area contributed by atoms with E-state index in [1.165, 1.54) is 19.1 Å². The Morgan fingerprint density at radius 2 is 1.84 bits per heavy atom. The molecule has 0 radical (unpaired) electrons. The van der Waals surface area contributed by atoms with Gasteiger partial charge in [0.15, 0.2) is 0 Å². The number of non-ortho nitro benzene ring substituents is 1. The van der Waals surface area contributed by atoms with Gasteiger partial charge in [0.2, 0.25) is 5.78 Å². The Labute approximate surface area is 112 Å². The van der Waals surface area contributed by atoms with Crippen molar-refractivity contribution < 1.29 is 9.72 Å². The third kappa shape index (κ3) is 6.05. The molecule has 0 saturated heterocycles. The summed E-state index contributed by atoms with van der Waals surface area (Å²) in [7, 11) is 0. The van der Waals surface area contributed by atoms with Crippen LogP contribution < -0.4 is 0 Å². The largest absolute Gasteiger partial charge is 0.285 e. The Morgan fingerprint density at radius 1 is 1.21 bits per heavy atom. The minimum Gasteiger partial charge on any atom is -0.285 e. The Balaban J connectivity index is 2.40. The predicted octanol–water partition coefficient (Wildman–Crippen LogP) is 2.71. The van der Waals surface area contributed by atoms with Crippen molar-refractivity contribution in [1.82, 2.24) is 0 Å². The number of unbranched alkanes of at least 4 members (excludes halogenated alkanes) is 2. The Hall–Kier alpha value is -2.59. The summed E-state index contributed by atoms with van der Waals surface area (Å²) in [6, 6.07) is 6.12. The molecule has 1 aromatic rings. The van der Waals surface area contributed by atoms with Crippen LogP contribution >= 0.6 is 0 Å². The van der Waals surface area contributed by atoms with E-state index >= 15 is 0 Å². The van der Waals surface area contributed by atoms with E-state index in [4.69, 9.17) is 0 Å². The zero-order chi connectivity index (χ0) is 14.1. The van der Waals surface area contributed by atoms with Crippen LogP contribution in [-0.2, 0) is 4.79 Å². The molecule has 96 valence electrons. The maximum absolute atomic E-state index is 10.5. The average Bonchev–Trinajstić information content (AvgIpc) is 2.38. The van der Waals surface area contributed by atoms with Crippen LogP contribution in [-0.4, -0.2) is 10.7 Å². The standard InChI is InChI=1S/C15H13NO3/c1-13(17)7-5-3-2-4-6-8-14-9-11-15(12-10-14)16(18)19/h9-12H,2-4H2,1H3. The number of nitro groups is 1. The van der Waals surface area contributed by atoms with Crippen molar-refractivity contribution >= 4 is 11.5 Å². The minimum absolute atomic E-state index is 0.0602. The van der Waals surface area contributed by atoms with E-state index in [0.717, 1.165) is 12.0 Å². The number of hydrogen-bond donors (Lipinski definition) is 0. The van der Waals surface area contributed by atoms with E-state index in [0.29, 0.717) is 12.8 Å². The van der Waals surface area contributed by atoms with Gasteiger partial charge >= 0.3 is 0 Å². The summed E-state index contributed by atoms with van der Waals surface area (Å²) in [5, 5.41) is 10.5.